The number of benzene rings is 1. The normalized spacial score (nSPS) is 16.0. The molecule has 1 aliphatic rings. The fraction of sp³-hybridized carbons (Fsp3) is 0.294. The van der Waals surface area contributed by atoms with Crippen molar-refractivity contribution in [2.45, 2.75) is 19.8 Å². The van der Waals surface area contributed by atoms with Crippen molar-refractivity contribution < 1.29 is 4.79 Å². The molecule has 0 aromatic heterocycles. The van der Waals surface area contributed by atoms with E-state index >= 15 is 0 Å². The Morgan fingerprint density at radius 2 is 2.23 bits per heavy atom. The van der Waals surface area contributed by atoms with Gasteiger partial charge >= 0.3 is 0 Å². The van der Waals surface area contributed by atoms with E-state index in [9.17, 15) is 4.79 Å². The molecule has 0 fully saturated rings. The minimum Gasteiger partial charge on any atom is -0.286 e. The van der Waals surface area contributed by atoms with Crippen LogP contribution in [0.15, 0.2) is 35.0 Å². The van der Waals surface area contributed by atoms with Gasteiger partial charge in [0.15, 0.2) is 5.17 Å². The van der Waals surface area contributed by atoms with Gasteiger partial charge in [-0.1, -0.05) is 60.8 Å². The number of unbranched alkanes of at least 4 members (excludes halogenated alkanes) is 1. The molecule has 0 spiro atoms. The molecule has 114 valence electrons. The highest BCUT2D eigenvalue weighted by Gasteiger charge is 2.29. The van der Waals surface area contributed by atoms with Crippen LogP contribution in [0.25, 0.3) is 6.08 Å². The van der Waals surface area contributed by atoms with E-state index in [2.05, 4.69) is 17.8 Å². The topological polar surface area (TPSA) is 32.7 Å². The second-order valence-corrected chi connectivity index (χ2v) is 6.10. The third-order valence-corrected chi connectivity index (χ3v) is 4.35. The number of hydrogen-bond donors (Lipinski definition) is 0. The Bertz CT molecular complexity index is 661. The number of nitrogens with zero attached hydrogens (tertiary/aromatic N) is 2. The summed E-state index contributed by atoms with van der Waals surface area (Å²) in [7, 11) is 0. The van der Waals surface area contributed by atoms with Gasteiger partial charge in [0.2, 0.25) is 0 Å². The maximum Gasteiger partial charge on any atom is 0.278 e. The lowest BCUT2D eigenvalue weighted by molar-refractivity contribution is -0.122. The smallest absolute Gasteiger partial charge is 0.278 e. The van der Waals surface area contributed by atoms with Gasteiger partial charge in [0.05, 0.1) is 5.75 Å². The molecule has 0 radical (unpaired) electrons. The van der Waals surface area contributed by atoms with E-state index in [1.807, 2.05) is 18.2 Å². The summed E-state index contributed by atoms with van der Waals surface area (Å²) in [6.07, 6.45) is 8.98. The van der Waals surface area contributed by atoms with Crippen molar-refractivity contribution in [3.05, 3.63) is 40.5 Å². The molecule has 0 saturated heterocycles. The molecule has 1 heterocycles. The van der Waals surface area contributed by atoms with E-state index in [1.165, 1.54) is 11.8 Å². The van der Waals surface area contributed by atoms with Crippen LogP contribution in [0.5, 0.6) is 0 Å². The number of carbonyl (C=O) groups is 1. The van der Waals surface area contributed by atoms with Crippen LogP contribution in [0.2, 0.25) is 5.02 Å². The molecule has 1 aromatic carbocycles. The zero-order valence-electron chi connectivity index (χ0n) is 12.4. The first-order valence-electron chi connectivity index (χ1n) is 7.10. The van der Waals surface area contributed by atoms with Crippen molar-refractivity contribution in [2.75, 3.05) is 12.3 Å². The number of aliphatic imine (C=N–C) groups is 1. The number of terminal acetylenes is 1. The van der Waals surface area contributed by atoms with Crippen molar-refractivity contribution in [1.29, 1.82) is 0 Å². The Kier molecular flexibility index (Phi) is 6.11. The molecular formula is C17H17ClN2OS. The quantitative estimate of drug-likeness (QED) is 0.602. The average molecular weight is 333 g/mol. The van der Waals surface area contributed by atoms with Crippen LogP contribution in [0.1, 0.15) is 25.3 Å². The van der Waals surface area contributed by atoms with E-state index < -0.39 is 0 Å². The second-order valence-electron chi connectivity index (χ2n) is 4.75. The molecule has 1 aromatic rings. The fourth-order valence-electron chi connectivity index (χ4n) is 2.00. The van der Waals surface area contributed by atoms with E-state index in [-0.39, 0.29) is 5.91 Å². The van der Waals surface area contributed by atoms with Gasteiger partial charge < -0.3 is 0 Å². The van der Waals surface area contributed by atoms with E-state index in [1.54, 1.807) is 17.0 Å². The summed E-state index contributed by atoms with van der Waals surface area (Å²) < 4.78 is 0. The second kappa shape index (κ2) is 8.07. The van der Waals surface area contributed by atoms with Crippen molar-refractivity contribution in [3.8, 4) is 12.3 Å². The van der Waals surface area contributed by atoms with Crippen LogP contribution in [0.4, 0.5) is 0 Å². The molecule has 5 heteroatoms. The largest absolute Gasteiger partial charge is 0.286 e. The molecule has 0 unspecified atom stereocenters. The first-order chi connectivity index (χ1) is 10.7. The molecule has 3 nitrogen and oxygen atoms in total. The van der Waals surface area contributed by atoms with Gasteiger partial charge in [-0.3, -0.25) is 9.69 Å². The SMILES string of the molecule is C#CCSC1=N/C(=C\c2ccccc2Cl)C(=O)N1CCCC. The Morgan fingerprint density at radius 3 is 2.91 bits per heavy atom. The summed E-state index contributed by atoms with van der Waals surface area (Å²) in [6, 6.07) is 7.39. The van der Waals surface area contributed by atoms with Crippen LogP contribution in [0, 0.1) is 12.3 Å². The summed E-state index contributed by atoms with van der Waals surface area (Å²) in [5.74, 6) is 2.97. The molecular weight excluding hydrogens is 316 g/mol. The van der Waals surface area contributed by atoms with Crippen molar-refractivity contribution >= 4 is 40.5 Å². The summed E-state index contributed by atoms with van der Waals surface area (Å²) in [5.41, 5.74) is 1.19. The average Bonchev–Trinajstić information content (AvgIpc) is 2.81. The van der Waals surface area contributed by atoms with E-state index in [0.29, 0.717) is 28.2 Å². The zero-order chi connectivity index (χ0) is 15.9. The maximum atomic E-state index is 12.5. The molecule has 1 aliphatic heterocycles. The highest BCUT2D eigenvalue weighted by atomic mass is 35.5. The standard InChI is InChI=1S/C17H17ClN2OS/c1-3-5-10-20-16(21)15(19-17(20)22-11-4-2)12-13-8-6-7-9-14(13)18/h2,6-9,12H,3,5,10-11H2,1H3/b15-12-. The molecule has 0 aliphatic carbocycles. The van der Waals surface area contributed by atoms with Gasteiger partial charge in [-0.25, -0.2) is 4.99 Å². The number of halogens is 1. The molecule has 22 heavy (non-hydrogen) atoms. The van der Waals surface area contributed by atoms with Crippen molar-refractivity contribution in [3.63, 3.8) is 0 Å². The van der Waals surface area contributed by atoms with Gasteiger partial charge in [-0.2, -0.15) is 0 Å². The lowest BCUT2D eigenvalue weighted by atomic mass is 10.2. The van der Waals surface area contributed by atoms with Crippen molar-refractivity contribution in [1.82, 2.24) is 4.90 Å². The fourth-order valence-corrected chi connectivity index (χ4v) is 2.90. The van der Waals surface area contributed by atoms with Gasteiger partial charge in [0.25, 0.3) is 5.91 Å². The summed E-state index contributed by atoms with van der Waals surface area (Å²) in [5, 5.41) is 1.28. The number of amides is 1. The maximum absolute atomic E-state index is 12.5. The van der Waals surface area contributed by atoms with Crippen LogP contribution >= 0.6 is 23.4 Å². The summed E-state index contributed by atoms with van der Waals surface area (Å²) in [6.45, 7) is 2.75. The van der Waals surface area contributed by atoms with Crippen LogP contribution in [0.3, 0.4) is 0 Å². The Hall–Kier alpha value is -1.70. The predicted octanol–water partition coefficient (Wildman–Crippen LogP) is 4.05. The minimum atomic E-state index is -0.0899. The Morgan fingerprint density at radius 1 is 1.45 bits per heavy atom. The third-order valence-electron chi connectivity index (χ3n) is 3.13. The number of hydrogen-bond acceptors (Lipinski definition) is 3. The molecule has 0 N–H and O–H groups in total. The van der Waals surface area contributed by atoms with E-state index in [0.717, 1.165) is 18.4 Å². The van der Waals surface area contributed by atoms with Gasteiger partial charge in [0.1, 0.15) is 5.70 Å². The number of rotatable bonds is 5. The van der Waals surface area contributed by atoms with E-state index in [4.69, 9.17) is 18.0 Å². The predicted molar refractivity (Wildman–Crippen MR) is 94.8 cm³/mol. The monoisotopic (exact) mass is 332 g/mol. The minimum absolute atomic E-state index is 0.0899. The number of carbonyl (C=O) groups excluding carboxylic acids is 1. The van der Waals surface area contributed by atoms with Crippen molar-refractivity contribution in [2.24, 2.45) is 4.99 Å². The van der Waals surface area contributed by atoms with Gasteiger partial charge in [-0.05, 0) is 24.1 Å². The molecule has 0 atom stereocenters. The first kappa shape index (κ1) is 16.7. The third kappa shape index (κ3) is 3.94. The molecule has 0 bridgehead atoms. The lowest BCUT2D eigenvalue weighted by Gasteiger charge is -2.16. The number of thioether (sulfide) groups is 1. The van der Waals surface area contributed by atoms with Gasteiger partial charge in [0, 0.05) is 11.6 Å². The first-order valence-corrected chi connectivity index (χ1v) is 8.46. The zero-order valence-corrected chi connectivity index (χ0v) is 14.0. The Labute approximate surface area is 140 Å². The molecule has 1 amide bonds. The van der Waals surface area contributed by atoms with Crippen LogP contribution in [-0.2, 0) is 4.79 Å². The van der Waals surface area contributed by atoms with Gasteiger partial charge in [-0.15, -0.1) is 6.42 Å². The van der Waals surface area contributed by atoms with Crippen LogP contribution < -0.4 is 0 Å². The lowest BCUT2D eigenvalue weighted by Crippen LogP contribution is -2.31. The molecule has 0 saturated carbocycles. The highest BCUT2D eigenvalue weighted by Crippen LogP contribution is 2.26. The number of amidine groups is 1. The van der Waals surface area contributed by atoms with Crippen LogP contribution in [-0.4, -0.2) is 28.3 Å². The summed E-state index contributed by atoms with van der Waals surface area (Å²) in [4.78, 5) is 18.7. The Balaban J connectivity index is 2.28. The highest BCUT2D eigenvalue weighted by molar-refractivity contribution is 8.14. The molecule has 2 rings (SSSR count). The summed E-state index contributed by atoms with van der Waals surface area (Å²) >= 11 is 7.55.